The number of amides is 1. The number of fused-ring (bicyclic) bond motifs is 1. The minimum absolute atomic E-state index is 0.0251. The second kappa shape index (κ2) is 8.76. The zero-order valence-corrected chi connectivity index (χ0v) is 17.5. The maximum Gasteiger partial charge on any atom is 0.228 e. The van der Waals surface area contributed by atoms with Crippen LogP contribution in [0.3, 0.4) is 0 Å². The van der Waals surface area contributed by atoms with E-state index in [2.05, 4.69) is 15.3 Å². The SMILES string of the molecule is CC(C)O.Cc1ccncc1-c1cc2cc(NC(=O)C3CC3)ncc2c(N)c1Cl. The first-order valence-corrected chi connectivity index (χ1v) is 9.93. The first-order chi connectivity index (χ1) is 13.8. The Balaban J connectivity index is 0.000000552. The molecular weight excluding hydrogens is 388 g/mol. The van der Waals surface area contributed by atoms with E-state index in [0.29, 0.717) is 16.5 Å². The Kier molecular flexibility index (Phi) is 6.35. The molecule has 4 N–H and O–H groups in total. The van der Waals surface area contributed by atoms with Crippen molar-refractivity contribution in [1.82, 2.24) is 9.97 Å². The van der Waals surface area contributed by atoms with Crippen LogP contribution >= 0.6 is 11.6 Å². The van der Waals surface area contributed by atoms with Gasteiger partial charge in [0.15, 0.2) is 0 Å². The van der Waals surface area contributed by atoms with Gasteiger partial charge >= 0.3 is 0 Å². The normalized spacial score (nSPS) is 13.2. The van der Waals surface area contributed by atoms with Crippen molar-refractivity contribution in [3.8, 4) is 11.1 Å². The number of aliphatic hydroxyl groups excluding tert-OH is 1. The molecule has 2 heterocycles. The fourth-order valence-corrected chi connectivity index (χ4v) is 3.14. The second-order valence-electron chi connectivity index (χ2n) is 7.49. The number of nitrogens with two attached hydrogens (primary N) is 1. The van der Waals surface area contributed by atoms with E-state index in [1.54, 1.807) is 32.4 Å². The summed E-state index contributed by atoms with van der Waals surface area (Å²) in [6.07, 6.45) is 6.91. The van der Waals surface area contributed by atoms with Gasteiger partial charge in [0.05, 0.1) is 10.7 Å². The largest absolute Gasteiger partial charge is 0.397 e. The van der Waals surface area contributed by atoms with E-state index >= 15 is 0 Å². The van der Waals surface area contributed by atoms with Crippen molar-refractivity contribution in [2.45, 2.75) is 39.7 Å². The zero-order chi connectivity index (χ0) is 21.1. The first kappa shape index (κ1) is 21.0. The van der Waals surface area contributed by atoms with Gasteiger partial charge in [-0.25, -0.2) is 4.98 Å². The number of pyridine rings is 2. The Morgan fingerprint density at radius 3 is 2.59 bits per heavy atom. The summed E-state index contributed by atoms with van der Waals surface area (Å²) >= 11 is 6.50. The van der Waals surface area contributed by atoms with Gasteiger partial charge in [-0.3, -0.25) is 9.78 Å². The number of aromatic nitrogens is 2. The molecule has 0 saturated heterocycles. The average molecular weight is 413 g/mol. The molecule has 1 amide bonds. The summed E-state index contributed by atoms with van der Waals surface area (Å²) < 4.78 is 0. The molecule has 1 aromatic carbocycles. The number of aryl methyl sites for hydroxylation is 1. The highest BCUT2D eigenvalue weighted by molar-refractivity contribution is 6.37. The van der Waals surface area contributed by atoms with Crippen molar-refractivity contribution in [3.05, 3.63) is 47.4 Å². The molecule has 0 bridgehead atoms. The van der Waals surface area contributed by atoms with E-state index < -0.39 is 0 Å². The Labute approximate surface area is 175 Å². The van der Waals surface area contributed by atoms with E-state index in [1.807, 2.05) is 25.1 Å². The van der Waals surface area contributed by atoms with Crippen LogP contribution in [0.5, 0.6) is 0 Å². The highest BCUT2D eigenvalue weighted by atomic mass is 35.5. The first-order valence-electron chi connectivity index (χ1n) is 9.55. The molecule has 0 spiro atoms. The van der Waals surface area contributed by atoms with Gasteiger partial charge in [-0.2, -0.15) is 0 Å². The summed E-state index contributed by atoms with van der Waals surface area (Å²) in [6, 6.07) is 5.73. The Morgan fingerprint density at radius 2 is 1.97 bits per heavy atom. The smallest absolute Gasteiger partial charge is 0.228 e. The van der Waals surface area contributed by atoms with Crippen LogP contribution in [0, 0.1) is 12.8 Å². The van der Waals surface area contributed by atoms with Crippen molar-refractivity contribution in [3.63, 3.8) is 0 Å². The molecule has 2 aromatic heterocycles. The van der Waals surface area contributed by atoms with Crippen LogP contribution in [0.25, 0.3) is 21.9 Å². The van der Waals surface area contributed by atoms with Crippen LogP contribution in [0.15, 0.2) is 36.8 Å². The lowest BCUT2D eigenvalue weighted by atomic mass is 9.99. The Bertz CT molecular complexity index is 1050. The maximum atomic E-state index is 12.0. The molecule has 1 saturated carbocycles. The van der Waals surface area contributed by atoms with E-state index in [9.17, 15) is 4.79 Å². The highest BCUT2D eigenvalue weighted by Gasteiger charge is 2.29. The molecule has 0 aliphatic heterocycles. The summed E-state index contributed by atoms with van der Waals surface area (Å²) in [5.41, 5.74) is 9.53. The van der Waals surface area contributed by atoms with Gasteiger partial charge in [0, 0.05) is 47.1 Å². The number of halogens is 1. The van der Waals surface area contributed by atoms with Gasteiger partial charge in [-0.1, -0.05) is 11.6 Å². The standard InChI is InChI=1S/C19H17ClN4O.C3H8O/c1-10-4-5-22-8-14(10)13-6-12-7-16(24-19(25)11-2-3-11)23-9-15(12)18(21)17(13)20;1-3(2)4/h4-9,11H,2-3,21H2,1H3,(H,23,24,25);3-4H,1-2H3. The average Bonchev–Trinajstić information content (AvgIpc) is 3.50. The minimum Gasteiger partial charge on any atom is -0.397 e. The number of hydrogen-bond donors (Lipinski definition) is 3. The van der Waals surface area contributed by atoms with E-state index in [1.165, 1.54) is 0 Å². The molecule has 4 rings (SSSR count). The van der Waals surface area contributed by atoms with Crippen LogP contribution in [0.1, 0.15) is 32.3 Å². The third kappa shape index (κ3) is 5.02. The number of hydrogen-bond acceptors (Lipinski definition) is 5. The molecule has 152 valence electrons. The van der Waals surface area contributed by atoms with E-state index in [-0.39, 0.29) is 17.9 Å². The summed E-state index contributed by atoms with van der Waals surface area (Å²) in [6.45, 7) is 5.45. The molecule has 0 radical (unpaired) electrons. The summed E-state index contributed by atoms with van der Waals surface area (Å²) in [5.74, 6) is 0.679. The number of nitrogen functional groups attached to an aromatic ring is 1. The predicted octanol–water partition coefficient (Wildman–Crippen LogP) is 4.58. The molecular formula is C22H25ClN4O2. The van der Waals surface area contributed by atoms with Gasteiger partial charge < -0.3 is 16.2 Å². The van der Waals surface area contributed by atoms with E-state index in [0.717, 1.165) is 40.3 Å². The lowest BCUT2D eigenvalue weighted by Crippen LogP contribution is -2.14. The summed E-state index contributed by atoms with van der Waals surface area (Å²) in [7, 11) is 0. The number of carbonyl (C=O) groups excluding carboxylic acids is 1. The van der Waals surface area contributed by atoms with Crippen LogP contribution in [0.4, 0.5) is 11.5 Å². The molecule has 1 fully saturated rings. The molecule has 1 aliphatic carbocycles. The molecule has 0 unspecified atom stereocenters. The van der Waals surface area contributed by atoms with Gasteiger partial charge in [0.25, 0.3) is 0 Å². The monoisotopic (exact) mass is 412 g/mol. The Hall–Kier alpha value is -2.70. The quantitative estimate of drug-likeness (QED) is 0.546. The predicted molar refractivity (Wildman–Crippen MR) is 118 cm³/mol. The second-order valence-corrected chi connectivity index (χ2v) is 7.87. The van der Waals surface area contributed by atoms with Crippen molar-refractivity contribution >= 4 is 39.8 Å². The molecule has 1 aliphatic rings. The molecule has 3 aromatic rings. The maximum absolute atomic E-state index is 12.0. The van der Waals surface area contributed by atoms with E-state index in [4.69, 9.17) is 22.4 Å². The molecule has 29 heavy (non-hydrogen) atoms. The lowest BCUT2D eigenvalue weighted by Gasteiger charge is -2.13. The van der Waals surface area contributed by atoms with Gasteiger partial charge in [0.2, 0.25) is 5.91 Å². The topological polar surface area (TPSA) is 101 Å². The highest BCUT2D eigenvalue weighted by Crippen LogP contribution is 2.39. The third-order valence-electron chi connectivity index (χ3n) is 4.53. The number of anilines is 2. The fraction of sp³-hybridized carbons (Fsp3) is 0.318. The third-order valence-corrected chi connectivity index (χ3v) is 4.93. The molecule has 7 heteroatoms. The fourth-order valence-electron chi connectivity index (χ4n) is 2.88. The number of nitrogens with one attached hydrogen (secondary N) is 1. The summed E-state index contributed by atoms with van der Waals surface area (Å²) in [5, 5.41) is 13.0. The molecule has 6 nitrogen and oxygen atoms in total. The van der Waals surface area contributed by atoms with Crippen LogP contribution < -0.4 is 11.1 Å². The Morgan fingerprint density at radius 1 is 1.28 bits per heavy atom. The van der Waals surface area contributed by atoms with Gasteiger partial charge in [0.1, 0.15) is 5.82 Å². The van der Waals surface area contributed by atoms with Crippen LogP contribution in [0.2, 0.25) is 5.02 Å². The zero-order valence-electron chi connectivity index (χ0n) is 16.7. The van der Waals surface area contributed by atoms with Gasteiger partial charge in [-0.05, 0) is 62.8 Å². The van der Waals surface area contributed by atoms with Crippen molar-refractivity contribution in [2.24, 2.45) is 5.92 Å². The van der Waals surface area contributed by atoms with Crippen molar-refractivity contribution in [1.29, 1.82) is 0 Å². The number of nitrogens with zero attached hydrogens (tertiary/aromatic N) is 2. The minimum atomic E-state index is -0.167. The number of aliphatic hydroxyl groups is 1. The lowest BCUT2D eigenvalue weighted by molar-refractivity contribution is -0.117. The number of benzene rings is 1. The number of carbonyl (C=O) groups is 1. The van der Waals surface area contributed by atoms with Crippen molar-refractivity contribution in [2.75, 3.05) is 11.1 Å². The van der Waals surface area contributed by atoms with Gasteiger partial charge in [-0.15, -0.1) is 0 Å². The van der Waals surface area contributed by atoms with Crippen LogP contribution in [-0.4, -0.2) is 27.1 Å². The van der Waals surface area contributed by atoms with Crippen molar-refractivity contribution < 1.29 is 9.90 Å². The molecule has 0 atom stereocenters. The number of rotatable bonds is 3. The summed E-state index contributed by atoms with van der Waals surface area (Å²) in [4.78, 5) is 20.4. The van der Waals surface area contributed by atoms with Crippen LogP contribution in [-0.2, 0) is 4.79 Å².